The molecule has 0 saturated carbocycles. The Balaban J connectivity index is 2.26. The molecule has 1 fully saturated rings. The third-order valence-corrected chi connectivity index (χ3v) is 3.26. The lowest BCUT2D eigenvalue weighted by Gasteiger charge is -2.35. The molecule has 2 heteroatoms. The fraction of sp³-hybridized carbons (Fsp3) is 1.00. The summed E-state index contributed by atoms with van der Waals surface area (Å²) in [5.74, 6) is 0.840. The van der Waals surface area contributed by atoms with Crippen molar-refractivity contribution in [2.75, 3.05) is 32.7 Å². The lowest BCUT2D eigenvalue weighted by Crippen LogP contribution is -2.46. The predicted molar refractivity (Wildman–Crippen MR) is 67.2 cm³/mol. The fourth-order valence-electron chi connectivity index (χ4n) is 2.23. The zero-order chi connectivity index (χ0) is 11.3. The molecule has 1 aliphatic heterocycles. The third-order valence-electron chi connectivity index (χ3n) is 3.26. The van der Waals surface area contributed by atoms with E-state index in [0.717, 1.165) is 5.92 Å². The standard InChI is InChI=1S/C13H28N2/c1-12(2)5-6-13(3,4)11-15-9-7-14-8-10-15/h12,14H,5-11H2,1-4H3. The van der Waals surface area contributed by atoms with Gasteiger partial charge >= 0.3 is 0 Å². The van der Waals surface area contributed by atoms with Crippen LogP contribution in [0.5, 0.6) is 0 Å². The molecular formula is C13H28N2. The van der Waals surface area contributed by atoms with Crippen molar-refractivity contribution in [1.29, 1.82) is 0 Å². The molecule has 1 saturated heterocycles. The molecule has 90 valence electrons. The quantitative estimate of drug-likeness (QED) is 0.752. The highest BCUT2D eigenvalue weighted by Crippen LogP contribution is 2.26. The summed E-state index contributed by atoms with van der Waals surface area (Å²) in [4.78, 5) is 2.61. The summed E-state index contributed by atoms with van der Waals surface area (Å²) in [7, 11) is 0. The second kappa shape index (κ2) is 5.86. The number of nitrogens with one attached hydrogen (secondary N) is 1. The first-order valence-corrected chi connectivity index (χ1v) is 6.43. The molecule has 2 nitrogen and oxygen atoms in total. The van der Waals surface area contributed by atoms with Crippen LogP contribution >= 0.6 is 0 Å². The number of hydrogen-bond donors (Lipinski definition) is 1. The molecule has 1 N–H and O–H groups in total. The number of piperazine rings is 1. The van der Waals surface area contributed by atoms with Crippen LogP contribution in [0.25, 0.3) is 0 Å². The van der Waals surface area contributed by atoms with Gasteiger partial charge in [-0.2, -0.15) is 0 Å². The van der Waals surface area contributed by atoms with Gasteiger partial charge in [0.25, 0.3) is 0 Å². The first-order valence-electron chi connectivity index (χ1n) is 6.43. The van der Waals surface area contributed by atoms with Crippen molar-refractivity contribution in [3.8, 4) is 0 Å². The average Bonchev–Trinajstić information content (AvgIpc) is 2.16. The molecule has 0 amide bonds. The van der Waals surface area contributed by atoms with Crippen LogP contribution in [-0.2, 0) is 0 Å². The van der Waals surface area contributed by atoms with Gasteiger partial charge in [-0.3, -0.25) is 0 Å². The molecule has 0 unspecified atom stereocenters. The van der Waals surface area contributed by atoms with Crippen molar-refractivity contribution >= 4 is 0 Å². The zero-order valence-electron chi connectivity index (χ0n) is 11.0. The van der Waals surface area contributed by atoms with Crippen LogP contribution in [0.1, 0.15) is 40.5 Å². The third kappa shape index (κ3) is 5.53. The van der Waals surface area contributed by atoms with Crippen molar-refractivity contribution < 1.29 is 0 Å². The largest absolute Gasteiger partial charge is 0.314 e. The molecule has 1 heterocycles. The molecule has 0 atom stereocenters. The van der Waals surface area contributed by atoms with Gasteiger partial charge in [0, 0.05) is 32.7 Å². The van der Waals surface area contributed by atoms with E-state index >= 15 is 0 Å². The minimum Gasteiger partial charge on any atom is -0.314 e. The van der Waals surface area contributed by atoms with E-state index in [2.05, 4.69) is 37.9 Å². The lowest BCUT2D eigenvalue weighted by molar-refractivity contribution is 0.148. The molecule has 0 aromatic carbocycles. The van der Waals surface area contributed by atoms with Gasteiger partial charge < -0.3 is 10.2 Å². The lowest BCUT2D eigenvalue weighted by atomic mass is 9.84. The molecule has 0 spiro atoms. The van der Waals surface area contributed by atoms with Crippen molar-refractivity contribution in [2.24, 2.45) is 11.3 Å². The van der Waals surface area contributed by atoms with Crippen LogP contribution in [0.15, 0.2) is 0 Å². The zero-order valence-corrected chi connectivity index (χ0v) is 11.0. The highest BCUT2D eigenvalue weighted by atomic mass is 15.2. The summed E-state index contributed by atoms with van der Waals surface area (Å²) in [6.45, 7) is 15.5. The molecule has 0 aromatic rings. The summed E-state index contributed by atoms with van der Waals surface area (Å²) in [5.41, 5.74) is 0.488. The summed E-state index contributed by atoms with van der Waals surface area (Å²) < 4.78 is 0. The SMILES string of the molecule is CC(C)CCC(C)(C)CN1CCNCC1. The number of nitrogens with zero attached hydrogens (tertiary/aromatic N) is 1. The molecular weight excluding hydrogens is 184 g/mol. The Labute approximate surface area is 95.4 Å². The Morgan fingerprint density at radius 3 is 2.33 bits per heavy atom. The summed E-state index contributed by atoms with van der Waals surface area (Å²) in [6.07, 6.45) is 2.72. The van der Waals surface area contributed by atoms with E-state index in [9.17, 15) is 0 Å². The van der Waals surface area contributed by atoms with Crippen molar-refractivity contribution in [2.45, 2.75) is 40.5 Å². The van der Waals surface area contributed by atoms with E-state index in [4.69, 9.17) is 0 Å². The van der Waals surface area contributed by atoms with Crippen LogP contribution in [0.3, 0.4) is 0 Å². The van der Waals surface area contributed by atoms with Crippen LogP contribution in [0.2, 0.25) is 0 Å². The van der Waals surface area contributed by atoms with Gasteiger partial charge in [0.05, 0.1) is 0 Å². The van der Waals surface area contributed by atoms with Gasteiger partial charge in [0.2, 0.25) is 0 Å². The van der Waals surface area contributed by atoms with E-state index < -0.39 is 0 Å². The second-order valence-electron chi connectivity index (χ2n) is 6.12. The minimum atomic E-state index is 0.488. The molecule has 0 radical (unpaired) electrons. The van der Waals surface area contributed by atoms with Crippen LogP contribution < -0.4 is 5.32 Å². The summed E-state index contributed by atoms with van der Waals surface area (Å²) >= 11 is 0. The van der Waals surface area contributed by atoms with E-state index in [0.29, 0.717) is 5.41 Å². The number of hydrogen-bond acceptors (Lipinski definition) is 2. The maximum atomic E-state index is 3.41. The fourth-order valence-corrected chi connectivity index (χ4v) is 2.23. The van der Waals surface area contributed by atoms with Gasteiger partial charge in [-0.1, -0.05) is 34.1 Å². The molecule has 1 aliphatic rings. The van der Waals surface area contributed by atoms with E-state index in [-0.39, 0.29) is 0 Å². The van der Waals surface area contributed by atoms with E-state index in [1.165, 1.54) is 45.6 Å². The average molecular weight is 212 g/mol. The number of rotatable bonds is 5. The predicted octanol–water partition coefficient (Wildman–Crippen LogP) is 2.35. The molecule has 0 aromatic heterocycles. The van der Waals surface area contributed by atoms with Crippen molar-refractivity contribution in [3.63, 3.8) is 0 Å². The normalized spacial score (nSPS) is 19.8. The smallest absolute Gasteiger partial charge is 0.0108 e. The molecule has 15 heavy (non-hydrogen) atoms. The Bertz CT molecular complexity index is 169. The highest BCUT2D eigenvalue weighted by Gasteiger charge is 2.22. The Morgan fingerprint density at radius 2 is 1.80 bits per heavy atom. The Kier molecular flexibility index (Phi) is 5.07. The van der Waals surface area contributed by atoms with Crippen LogP contribution in [-0.4, -0.2) is 37.6 Å². The first kappa shape index (κ1) is 13.0. The van der Waals surface area contributed by atoms with Gasteiger partial charge in [-0.25, -0.2) is 0 Å². The summed E-state index contributed by atoms with van der Waals surface area (Å²) in [6, 6.07) is 0. The highest BCUT2D eigenvalue weighted by molar-refractivity contribution is 4.77. The molecule has 0 bridgehead atoms. The van der Waals surface area contributed by atoms with Gasteiger partial charge in [0.15, 0.2) is 0 Å². The first-order chi connectivity index (χ1) is 6.99. The van der Waals surface area contributed by atoms with Gasteiger partial charge in [0.1, 0.15) is 0 Å². The second-order valence-corrected chi connectivity index (χ2v) is 6.12. The maximum absolute atomic E-state index is 3.41. The van der Waals surface area contributed by atoms with Gasteiger partial charge in [-0.05, 0) is 17.8 Å². The minimum absolute atomic E-state index is 0.488. The van der Waals surface area contributed by atoms with E-state index in [1.54, 1.807) is 0 Å². The van der Waals surface area contributed by atoms with Crippen molar-refractivity contribution in [3.05, 3.63) is 0 Å². The molecule has 0 aliphatic carbocycles. The Morgan fingerprint density at radius 1 is 1.20 bits per heavy atom. The van der Waals surface area contributed by atoms with Crippen LogP contribution in [0.4, 0.5) is 0 Å². The monoisotopic (exact) mass is 212 g/mol. The topological polar surface area (TPSA) is 15.3 Å². The summed E-state index contributed by atoms with van der Waals surface area (Å²) in [5, 5.41) is 3.41. The maximum Gasteiger partial charge on any atom is 0.0108 e. The van der Waals surface area contributed by atoms with E-state index in [1.807, 2.05) is 0 Å². The van der Waals surface area contributed by atoms with Crippen LogP contribution in [0, 0.1) is 11.3 Å². The van der Waals surface area contributed by atoms with Gasteiger partial charge in [-0.15, -0.1) is 0 Å². The Hall–Kier alpha value is -0.0800. The van der Waals surface area contributed by atoms with Crippen molar-refractivity contribution in [1.82, 2.24) is 10.2 Å². The molecule has 1 rings (SSSR count).